The maximum atomic E-state index is 10.1. The predicted molar refractivity (Wildman–Crippen MR) is 64.2 cm³/mol. The summed E-state index contributed by atoms with van der Waals surface area (Å²) in [5, 5.41) is 14.1. The first-order chi connectivity index (χ1) is 7.52. The summed E-state index contributed by atoms with van der Waals surface area (Å²) < 4.78 is 1.59. The average molecular weight is 217 g/mol. The second-order valence-electron chi connectivity index (χ2n) is 3.97. The molecule has 0 fully saturated rings. The molecular formula is C12H15N3O. The third-order valence-corrected chi connectivity index (χ3v) is 2.98. The molecular weight excluding hydrogens is 202 g/mol. The Kier molecular flexibility index (Phi) is 2.34. The minimum Gasteiger partial charge on any atom is -0.507 e. The highest BCUT2D eigenvalue weighted by Gasteiger charge is 2.13. The Morgan fingerprint density at radius 2 is 1.94 bits per heavy atom. The zero-order valence-electron chi connectivity index (χ0n) is 9.65. The molecule has 1 heterocycles. The van der Waals surface area contributed by atoms with Crippen molar-refractivity contribution in [1.29, 1.82) is 0 Å². The zero-order chi connectivity index (χ0) is 11.9. The van der Waals surface area contributed by atoms with Crippen LogP contribution in [0, 0.1) is 13.8 Å². The van der Waals surface area contributed by atoms with Crippen molar-refractivity contribution in [2.75, 3.05) is 5.73 Å². The van der Waals surface area contributed by atoms with Gasteiger partial charge in [-0.25, -0.2) is 0 Å². The largest absolute Gasteiger partial charge is 0.507 e. The Labute approximate surface area is 94.3 Å². The standard InChI is InChI=1S/C12H15N3O/c1-7-4-5-9(11(16)8(7)2)10-6-14-15(3)12(10)13/h4-6,16H,13H2,1-3H3. The molecule has 0 amide bonds. The number of anilines is 1. The fraction of sp³-hybridized carbons (Fsp3) is 0.250. The topological polar surface area (TPSA) is 64.1 Å². The number of aryl methyl sites for hydroxylation is 2. The van der Waals surface area contributed by atoms with E-state index in [0.29, 0.717) is 5.82 Å². The molecule has 0 saturated heterocycles. The highest BCUT2D eigenvalue weighted by molar-refractivity contribution is 5.79. The molecule has 0 saturated carbocycles. The monoisotopic (exact) mass is 217 g/mol. The van der Waals surface area contributed by atoms with Gasteiger partial charge in [0.2, 0.25) is 0 Å². The van der Waals surface area contributed by atoms with E-state index in [0.717, 1.165) is 22.3 Å². The number of hydrogen-bond donors (Lipinski definition) is 2. The van der Waals surface area contributed by atoms with Gasteiger partial charge in [-0.3, -0.25) is 4.68 Å². The number of aromatic nitrogens is 2. The van der Waals surface area contributed by atoms with Gasteiger partial charge in [0.1, 0.15) is 11.6 Å². The summed E-state index contributed by atoms with van der Waals surface area (Å²) in [4.78, 5) is 0. The van der Waals surface area contributed by atoms with Crippen LogP contribution in [-0.4, -0.2) is 14.9 Å². The normalized spacial score (nSPS) is 10.7. The van der Waals surface area contributed by atoms with E-state index in [9.17, 15) is 5.11 Å². The van der Waals surface area contributed by atoms with Crippen molar-refractivity contribution in [2.45, 2.75) is 13.8 Å². The summed E-state index contributed by atoms with van der Waals surface area (Å²) in [6.07, 6.45) is 1.67. The smallest absolute Gasteiger partial charge is 0.129 e. The van der Waals surface area contributed by atoms with Gasteiger partial charge in [-0.15, -0.1) is 0 Å². The second kappa shape index (κ2) is 3.56. The van der Waals surface area contributed by atoms with Crippen LogP contribution in [-0.2, 0) is 7.05 Å². The summed E-state index contributed by atoms with van der Waals surface area (Å²) in [5.74, 6) is 0.832. The first-order valence-electron chi connectivity index (χ1n) is 5.09. The number of rotatable bonds is 1. The number of phenols is 1. The molecule has 84 valence electrons. The Hall–Kier alpha value is -1.97. The van der Waals surface area contributed by atoms with E-state index in [2.05, 4.69) is 5.10 Å². The molecule has 4 heteroatoms. The van der Waals surface area contributed by atoms with E-state index < -0.39 is 0 Å². The molecule has 0 spiro atoms. The molecule has 4 nitrogen and oxygen atoms in total. The van der Waals surface area contributed by atoms with Crippen LogP contribution in [0.4, 0.5) is 5.82 Å². The van der Waals surface area contributed by atoms with Crippen molar-refractivity contribution in [3.8, 4) is 16.9 Å². The molecule has 2 rings (SSSR count). The predicted octanol–water partition coefficient (Wildman–Crippen LogP) is 1.99. The Bertz CT molecular complexity index is 543. The lowest BCUT2D eigenvalue weighted by Crippen LogP contribution is -1.98. The van der Waals surface area contributed by atoms with Crippen LogP contribution in [0.3, 0.4) is 0 Å². The molecule has 0 aliphatic rings. The molecule has 0 atom stereocenters. The van der Waals surface area contributed by atoms with Crippen LogP contribution >= 0.6 is 0 Å². The highest BCUT2D eigenvalue weighted by atomic mass is 16.3. The van der Waals surface area contributed by atoms with Crippen LogP contribution in [0.1, 0.15) is 11.1 Å². The molecule has 2 aromatic rings. The lowest BCUT2D eigenvalue weighted by Gasteiger charge is -2.09. The molecule has 0 bridgehead atoms. The minimum atomic E-state index is 0.278. The van der Waals surface area contributed by atoms with Crippen LogP contribution in [0.15, 0.2) is 18.3 Å². The molecule has 16 heavy (non-hydrogen) atoms. The van der Waals surface area contributed by atoms with Crippen molar-refractivity contribution in [1.82, 2.24) is 9.78 Å². The number of benzene rings is 1. The molecule has 0 unspecified atom stereocenters. The van der Waals surface area contributed by atoms with Crippen LogP contribution in [0.5, 0.6) is 5.75 Å². The molecule has 0 radical (unpaired) electrons. The van der Waals surface area contributed by atoms with Crippen molar-refractivity contribution < 1.29 is 5.11 Å². The van der Waals surface area contributed by atoms with Gasteiger partial charge in [-0.1, -0.05) is 12.1 Å². The van der Waals surface area contributed by atoms with E-state index in [4.69, 9.17) is 5.73 Å². The van der Waals surface area contributed by atoms with Crippen LogP contribution < -0.4 is 5.73 Å². The average Bonchev–Trinajstić information content (AvgIpc) is 2.58. The van der Waals surface area contributed by atoms with Crippen LogP contribution in [0.25, 0.3) is 11.1 Å². The number of nitrogens with zero attached hydrogens (tertiary/aromatic N) is 2. The Morgan fingerprint density at radius 1 is 1.25 bits per heavy atom. The summed E-state index contributed by atoms with van der Waals surface area (Å²) in [7, 11) is 1.77. The number of hydrogen-bond acceptors (Lipinski definition) is 3. The Balaban J connectivity index is 2.66. The maximum Gasteiger partial charge on any atom is 0.129 e. The van der Waals surface area contributed by atoms with E-state index in [-0.39, 0.29) is 5.75 Å². The lowest BCUT2D eigenvalue weighted by molar-refractivity contribution is 0.472. The van der Waals surface area contributed by atoms with Gasteiger partial charge in [-0.05, 0) is 25.0 Å². The summed E-state index contributed by atoms with van der Waals surface area (Å²) >= 11 is 0. The van der Waals surface area contributed by atoms with Gasteiger partial charge in [0.15, 0.2) is 0 Å². The van der Waals surface area contributed by atoms with Gasteiger partial charge in [0, 0.05) is 18.2 Å². The lowest BCUT2D eigenvalue weighted by atomic mass is 10.0. The fourth-order valence-electron chi connectivity index (χ4n) is 1.67. The third-order valence-electron chi connectivity index (χ3n) is 2.98. The van der Waals surface area contributed by atoms with Gasteiger partial charge in [0.05, 0.1) is 6.20 Å². The molecule has 1 aromatic heterocycles. The van der Waals surface area contributed by atoms with Gasteiger partial charge in [-0.2, -0.15) is 5.10 Å². The minimum absolute atomic E-state index is 0.278. The fourth-order valence-corrected chi connectivity index (χ4v) is 1.67. The van der Waals surface area contributed by atoms with Gasteiger partial charge >= 0.3 is 0 Å². The zero-order valence-corrected chi connectivity index (χ0v) is 9.65. The van der Waals surface area contributed by atoms with E-state index in [1.54, 1.807) is 17.9 Å². The number of nitrogens with two attached hydrogens (primary N) is 1. The quantitative estimate of drug-likeness (QED) is 0.767. The third kappa shape index (κ3) is 1.43. The number of phenolic OH excluding ortho intramolecular Hbond substituents is 1. The SMILES string of the molecule is Cc1ccc(-c2cnn(C)c2N)c(O)c1C. The van der Waals surface area contributed by atoms with Gasteiger partial charge < -0.3 is 10.8 Å². The first kappa shape index (κ1) is 10.5. The summed E-state index contributed by atoms with van der Waals surface area (Å²) in [6.45, 7) is 3.85. The number of nitrogen functional groups attached to an aromatic ring is 1. The van der Waals surface area contributed by atoms with Crippen molar-refractivity contribution in [3.63, 3.8) is 0 Å². The molecule has 3 N–H and O–H groups in total. The van der Waals surface area contributed by atoms with E-state index >= 15 is 0 Å². The number of aromatic hydroxyl groups is 1. The second-order valence-corrected chi connectivity index (χ2v) is 3.97. The molecule has 1 aromatic carbocycles. The van der Waals surface area contributed by atoms with Crippen LogP contribution in [0.2, 0.25) is 0 Å². The first-order valence-corrected chi connectivity index (χ1v) is 5.09. The Morgan fingerprint density at radius 3 is 2.50 bits per heavy atom. The van der Waals surface area contributed by atoms with Crippen molar-refractivity contribution in [2.24, 2.45) is 7.05 Å². The van der Waals surface area contributed by atoms with Crippen molar-refractivity contribution >= 4 is 5.82 Å². The summed E-state index contributed by atoms with van der Waals surface area (Å²) in [5.41, 5.74) is 9.31. The van der Waals surface area contributed by atoms with Gasteiger partial charge in [0.25, 0.3) is 0 Å². The van der Waals surface area contributed by atoms with Crippen molar-refractivity contribution in [3.05, 3.63) is 29.5 Å². The molecule has 0 aliphatic heterocycles. The summed E-state index contributed by atoms with van der Waals surface area (Å²) in [6, 6.07) is 3.84. The molecule has 0 aliphatic carbocycles. The van der Waals surface area contributed by atoms with E-state index in [1.165, 1.54) is 0 Å². The maximum absolute atomic E-state index is 10.1. The highest BCUT2D eigenvalue weighted by Crippen LogP contribution is 2.35. The van der Waals surface area contributed by atoms with E-state index in [1.807, 2.05) is 26.0 Å².